The van der Waals surface area contributed by atoms with Gasteiger partial charge in [0.25, 0.3) is 0 Å². The molecule has 1 aliphatic carbocycles. The normalized spacial score (nSPS) is 22.7. The first kappa shape index (κ1) is 63.0. The Morgan fingerprint density at radius 1 is 0.544 bits per heavy atom. The Labute approximate surface area is 406 Å². The van der Waals surface area contributed by atoms with Gasteiger partial charge in [-0.25, -0.2) is 4.57 Å². The highest BCUT2D eigenvalue weighted by molar-refractivity contribution is 7.47. The second-order valence-electron chi connectivity index (χ2n) is 17.4. The monoisotopic (exact) mass is 983 g/mol. The highest BCUT2D eigenvalue weighted by atomic mass is 31.2. The fourth-order valence-corrected chi connectivity index (χ4v) is 7.99. The minimum Gasteiger partial charge on any atom is -0.462 e. The number of carbonyl (C=O) groups is 2. The number of phosphoric ester groups is 1. The third kappa shape index (κ3) is 32.7. The average Bonchev–Trinajstić information content (AvgIpc) is 3.31. The van der Waals surface area contributed by atoms with Crippen molar-refractivity contribution in [3.8, 4) is 0 Å². The molecule has 3 unspecified atom stereocenters. The molecule has 1 saturated carbocycles. The van der Waals surface area contributed by atoms with E-state index in [0.717, 1.165) is 70.6 Å². The second kappa shape index (κ2) is 40.7. The molecule has 0 aromatic carbocycles. The lowest BCUT2D eigenvalue weighted by Gasteiger charge is -2.41. The molecule has 0 aromatic heterocycles. The minimum atomic E-state index is -5.19. The van der Waals surface area contributed by atoms with Crippen LogP contribution in [0.5, 0.6) is 0 Å². The van der Waals surface area contributed by atoms with Crippen molar-refractivity contribution in [1.82, 2.24) is 0 Å². The number of hydrogen-bond donors (Lipinski definition) is 8. The molecule has 10 atom stereocenters. The van der Waals surface area contributed by atoms with Crippen LogP contribution in [0.1, 0.15) is 162 Å². The Morgan fingerprint density at radius 2 is 1.01 bits per heavy atom. The molecule has 0 heterocycles. The fourth-order valence-electron chi connectivity index (χ4n) is 7.02. The van der Waals surface area contributed by atoms with E-state index in [2.05, 4.69) is 56.4 Å². The van der Waals surface area contributed by atoms with Gasteiger partial charge in [-0.1, -0.05) is 157 Å². The summed E-state index contributed by atoms with van der Waals surface area (Å²) in [5, 5.41) is 70.6. The van der Waals surface area contributed by atoms with Gasteiger partial charge in [-0.3, -0.25) is 18.6 Å². The molecule has 0 radical (unpaired) electrons. The number of hydrogen-bond acceptors (Lipinski definition) is 14. The third-order valence-corrected chi connectivity index (χ3v) is 12.1. The molecule has 0 saturated heterocycles. The van der Waals surface area contributed by atoms with Gasteiger partial charge < -0.3 is 50.1 Å². The first-order chi connectivity index (χ1) is 32.7. The lowest BCUT2D eigenvalue weighted by Crippen LogP contribution is -2.64. The van der Waals surface area contributed by atoms with E-state index in [1.807, 2.05) is 6.08 Å². The lowest BCUT2D eigenvalue weighted by molar-refractivity contribution is -0.220. The number of ether oxygens (including phenoxy) is 2. The van der Waals surface area contributed by atoms with E-state index in [9.17, 15) is 54.8 Å². The van der Waals surface area contributed by atoms with Crippen LogP contribution in [-0.4, -0.2) is 121 Å². The van der Waals surface area contributed by atoms with E-state index >= 15 is 0 Å². The fraction of sp³-hybridized carbons (Fsp3) is 0.692. The highest BCUT2D eigenvalue weighted by Gasteiger charge is 2.51. The van der Waals surface area contributed by atoms with Crippen molar-refractivity contribution in [2.75, 3.05) is 13.2 Å². The minimum absolute atomic E-state index is 0.0248. The Kier molecular flexibility index (Phi) is 37.6. The summed E-state index contributed by atoms with van der Waals surface area (Å²) in [7, 11) is -5.19. The van der Waals surface area contributed by atoms with Crippen molar-refractivity contribution in [1.29, 1.82) is 0 Å². The molecule has 15 nitrogen and oxygen atoms in total. The summed E-state index contributed by atoms with van der Waals surface area (Å²) in [5.74, 6) is -1.36. The van der Waals surface area contributed by atoms with Gasteiger partial charge in [0.2, 0.25) is 0 Å². The summed E-state index contributed by atoms with van der Waals surface area (Å²) in [6.07, 6.45) is 32.4. The van der Waals surface area contributed by atoms with Crippen LogP contribution in [0.15, 0.2) is 85.1 Å². The molecule has 8 N–H and O–H groups in total. The zero-order chi connectivity index (χ0) is 50.3. The summed E-state index contributed by atoms with van der Waals surface area (Å²) in [6.45, 7) is 3.00. The third-order valence-electron chi connectivity index (χ3n) is 11.1. The van der Waals surface area contributed by atoms with Crippen LogP contribution >= 0.6 is 7.82 Å². The van der Waals surface area contributed by atoms with Crippen LogP contribution in [0.2, 0.25) is 0 Å². The Hall–Kier alpha value is -3.05. The molecule has 1 rings (SSSR count). The van der Waals surface area contributed by atoms with E-state index in [-0.39, 0.29) is 25.7 Å². The second-order valence-corrected chi connectivity index (χ2v) is 18.8. The molecule has 1 fully saturated rings. The summed E-state index contributed by atoms with van der Waals surface area (Å²) >= 11 is 0. The Bertz CT molecular complexity index is 1540. The van der Waals surface area contributed by atoms with Gasteiger partial charge in [-0.15, -0.1) is 0 Å². The van der Waals surface area contributed by atoms with Crippen LogP contribution in [0.4, 0.5) is 0 Å². The maximum absolute atomic E-state index is 12.8. The Morgan fingerprint density at radius 3 is 1.62 bits per heavy atom. The number of rotatable bonds is 40. The van der Waals surface area contributed by atoms with Gasteiger partial charge in [0, 0.05) is 12.8 Å². The Balaban J connectivity index is 2.55. The lowest BCUT2D eigenvalue weighted by atomic mass is 9.85. The zero-order valence-electron chi connectivity index (χ0n) is 40.8. The van der Waals surface area contributed by atoms with Crippen LogP contribution < -0.4 is 0 Å². The zero-order valence-corrected chi connectivity index (χ0v) is 41.7. The first-order valence-corrected chi connectivity index (χ1v) is 26.6. The molecule has 0 aliphatic heterocycles. The van der Waals surface area contributed by atoms with Crippen molar-refractivity contribution in [2.24, 2.45) is 0 Å². The molecule has 0 bridgehead atoms. The topological polar surface area (TPSA) is 250 Å². The number of phosphoric acid groups is 1. The van der Waals surface area contributed by atoms with Gasteiger partial charge >= 0.3 is 19.8 Å². The van der Waals surface area contributed by atoms with Gasteiger partial charge in [-0.2, -0.15) is 0 Å². The van der Waals surface area contributed by atoms with Gasteiger partial charge in [-0.05, 0) is 77.0 Å². The van der Waals surface area contributed by atoms with Gasteiger partial charge in [0.05, 0.1) is 18.8 Å². The van der Waals surface area contributed by atoms with Crippen LogP contribution in [0.25, 0.3) is 0 Å². The number of carbonyl (C=O) groups excluding carboxylic acids is 2. The molecular weight excluding hydrogens is 896 g/mol. The van der Waals surface area contributed by atoms with Crippen molar-refractivity contribution in [2.45, 2.75) is 216 Å². The number of allylic oxidation sites excluding steroid dienone is 11. The van der Waals surface area contributed by atoms with Crippen molar-refractivity contribution in [3.05, 3.63) is 85.1 Å². The molecule has 0 aromatic rings. The molecule has 1 aliphatic rings. The summed E-state index contributed by atoms with van der Waals surface area (Å²) in [5.41, 5.74) is 0. The molecule has 0 amide bonds. The number of unbranched alkanes of at least 4 members (excludes halogenated alkanes) is 13. The van der Waals surface area contributed by atoms with Gasteiger partial charge in [0.1, 0.15) is 43.2 Å². The number of aliphatic hydroxyl groups excluding tert-OH is 7. The summed E-state index contributed by atoms with van der Waals surface area (Å²) < 4.78 is 33.4. The van der Waals surface area contributed by atoms with E-state index in [0.29, 0.717) is 12.8 Å². The van der Waals surface area contributed by atoms with Crippen LogP contribution in [0, 0.1) is 0 Å². The predicted octanol–water partition coefficient (Wildman–Crippen LogP) is 8.39. The van der Waals surface area contributed by atoms with E-state index in [4.69, 9.17) is 18.5 Å². The average molecular weight is 983 g/mol. The van der Waals surface area contributed by atoms with Crippen molar-refractivity contribution in [3.63, 3.8) is 0 Å². The van der Waals surface area contributed by atoms with Gasteiger partial charge in [0.15, 0.2) is 6.10 Å². The standard InChI is InChI=1S/C52H87O15P/c1-3-5-7-9-11-12-13-14-15-16-17-18-19-20-21-22-23-24-26-32-38-46(56)66-44(41-65-68(62,63)67-52-50(60)48(58)47(57)49(59)51(52)61)40-64-45(55)39-33-37-43(54)36-31-28-27-30-35-42(53)34-29-25-10-8-6-4-2/h12-13,15-16,18-19,25,27-31,35-36,42-44,47-54,57-61H,3-11,14,17,20-24,26,32-34,37-41H2,1-2H3,(H,62,63)/b13-12-,16-15-,19-18-,28-27+,29-25-,35-30+,36-31-/t42-,43-,44-,47?,48-,49+,50-,51-,52?/m1/s1. The van der Waals surface area contributed by atoms with Crippen LogP contribution in [-0.2, 0) is 32.7 Å². The SMILES string of the molecule is CCCCC/C=C\C[C@@H](O)/C=C/C=C/C=C\[C@@H](O)CCCC(=O)OC[C@H](COP(=O)(O)OC1[C@H](O)[C@H](O)C(O)[C@H](O)[C@H]1O)OC(=O)CCCCCCCC/C=C\C/C=C\C/C=C\CCCCCC. The van der Waals surface area contributed by atoms with Crippen molar-refractivity contribution < 1.29 is 73.3 Å². The summed E-state index contributed by atoms with van der Waals surface area (Å²) in [6, 6.07) is 0. The molecule has 390 valence electrons. The number of esters is 2. The highest BCUT2D eigenvalue weighted by Crippen LogP contribution is 2.47. The molecule has 68 heavy (non-hydrogen) atoms. The maximum Gasteiger partial charge on any atom is 0.472 e. The first-order valence-electron chi connectivity index (χ1n) is 25.1. The quantitative estimate of drug-likeness (QED) is 0.00944. The number of aliphatic hydroxyl groups is 7. The van der Waals surface area contributed by atoms with Crippen molar-refractivity contribution >= 4 is 19.8 Å². The summed E-state index contributed by atoms with van der Waals surface area (Å²) in [4.78, 5) is 35.8. The van der Waals surface area contributed by atoms with E-state index in [1.54, 1.807) is 36.5 Å². The van der Waals surface area contributed by atoms with E-state index in [1.165, 1.54) is 38.5 Å². The molecular formula is C52H87O15P. The largest absolute Gasteiger partial charge is 0.472 e. The maximum atomic E-state index is 12.8. The van der Waals surface area contributed by atoms with E-state index < -0.39 is 87.9 Å². The molecule has 0 spiro atoms. The molecule has 16 heteroatoms. The smallest absolute Gasteiger partial charge is 0.462 e. The predicted molar refractivity (Wildman–Crippen MR) is 265 cm³/mol. The van der Waals surface area contributed by atoms with Crippen LogP contribution in [0.3, 0.4) is 0 Å².